The summed E-state index contributed by atoms with van der Waals surface area (Å²) in [6.07, 6.45) is 4.50. The highest BCUT2D eigenvalue weighted by atomic mass is 35.5. The number of carboxylic acid groups (broad SMARTS) is 1. The van der Waals surface area contributed by atoms with Gasteiger partial charge in [0.15, 0.2) is 0 Å². The summed E-state index contributed by atoms with van der Waals surface area (Å²) >= 11 is 12.0. The third-order valence-electron chi connectivity index (χ3n) is 4.07. The molecule has 0 heterocycles. The first-order valence-electron chi connectivity index (χ1n) is 8.26. The lowest BCUT2D eigenvalue weighted by molar-refractivity contribution is -0.144. The minimum absolute atomic E-state index is 0.446. The van der Waals surface area contributed by atoms with Crippen LogP contribution in [-0.2, 0) is 11.2 Å². The van der Waals surface area contributed by atoms with Gasteiger partial charge in [-0.3, -0.25) is 4.79 Å². The standard InChI is InChI=1S/C17H25BCl2N2O2/c18-9-2-1-7-17(21,16(23)24)8-3-10-22-11-6-13-4-5-14(19)12-15(13)20/h4-5,12,22H,1-3,6-11,21H2,(H,23,24). The van der Waals surface area contributed by atoms with E-state index in [0.717, 1.165) is 31.4 Å². The van der Waals surface area contributed by atoms with Crippen molar-refractivity contribution in [1.29, 1.82) is 0 Å². The molecule has 0 amide bonds. The summed E-state index contributed by atoms with van der Waals surface area (Å²) in [6, 6.07) is 5.47. The van der Waals surface area contributed by atoms with Crippen LogP contribution in [-0.4, -0.2) is 37.6 Å². The number of hydrogen-bond acceptors (Lipinski definition) is 3. The molecular formula is C17H25BCl2N2O2. The highest BCUT2D eigenvalue weighted by Crippen LogP contribution is 2.21. The predicted molar refractivity (Wildman–Crippen MR) is 101 cm³/mol. The quantitative estimate of drug-likeness (QED) is 0.389. The van der Waals surface area contributed by atoms with Crippen molar-refractivity contribution in [3.05, 3.63) is 33.8 Å². The van der Waals surface area contributed by atoms with Gasteiger partial charge >= 0.3 is 5.97 Å². The van der Waals surface area contributed by atoms with Gasteiger partial charge in [-0.1, -0.05) is 48.4 Å². The van der Waals surface area contributed by atoms with Crippen LogP contribution in [0.25, 0.3) is 0 Å². The Morgan fingerprint density at radius 1 is 1.21 bits per heavy atom. The Labute approximate surface area is 155 Å². The van der Waals surface area contributed by atoms with Gasteiger partial charge in [-0.2, -0.15) is 0 Å². The topological polar surface area (TPSA) is 75.3 Å². The minimum Gasteiger partial charge on any atom is -0.480 e. The highest BCUT2D eigenvalue weighted by molar-refractivity contribution is 6.35. The van der Waals surface area contributed by atoms with Crippen LogP contribution >= 0.6 is 23.2 Å². The molecule has 0 saturated heterocycles. The van der Waals surface area contributed by atoms with Crippen molar-refractivity contribution in [1.82, 2.24) is 5.32 Å². The van der Waals surface area contributed by atoms with E-state index in [0.29, 0.717) is 42.2 Å². The predicted octanol–water partition coefficient (Wildman–Crippen LogP) is 3.44. The molecule has 2 radical (unpaired) electrons. The fourth-order valence-corrected chi connectivity index (χ4v) is 3.03. The van der Waals surface area contributed by atoms with E-state index in [9.17, 15) is 9.90 Å². The van der Waals surface area contributed by atoms with Gasteiger partial charge in [0.25, 0.3) is 0 Å². The van der Waals surface area contributed by atoms with Crippen molar-refractivity contribution in [2.24, 2.45) is 5.73 Å². The number of nitrogens with two attached hydrogens (primary N) is 1. The first-order valence-corrected chi connectivity index (χ1v) is 9.01. The molecule has 24 heavy (non-hydrogen) atoms. The van der Waals surface area contributed by atoms with Crippen LogP contribution in [0.5, 0.6) is 0 Å². The Balaban J connectivity index is 2.27. The molecule has 1 aromatic carbocycles. The molecule has 1 aromatic rings. The first kappa shape index (κ1) is 21.3. The molecule has 4 nitrogen and oxygen atoms in total. The van der Waals surface area contributed by atoms with Crippen LogP contribution in [0.15, 0.2) is 18.2 Å². The second-order valence-electron chi connectivity index (χ2n) is 6.05. The fraction of sp³-hybridized carbons (Fsp3) is 0.588. The molecule has 0 saturated carbocycles. The van der Waals surface area contributed by atoms with E-state index in [2.05, 4.69) is 5.32 Å². The van der Waals surface area contributed by atoms with E-state index in [1.165, 1.54) is 0 Å². The molecule has 132 valence electrons. The monoisotopic (exact) mass is 370 g/mol. The molecule has 0 aliphatic heterocycles. The number of aliphatic carboxylic acids is 1. The third-order valence-corrected chi connectivity index (χ3v) is 4.65. The maximum Gasteiger partial charge on any atom is 0.323 e. The molecule has 0 spiro atoms. The fourth-order valence-electron chi connectivity index (χ4n) is 2.52. The summed E-state index contributed by atoms with van der Waals surface area (Å²) in [7, 11) is 5.44. The Morgan fingerprint density at radius 3 is 2.54 bits per heavy atom. The van der Waals surface area contributed by atoms with Crippen molar-refractivity contribution in [3.63, 3.8) is 0 Å². The lowest BCUT2D eigenvalue weighted by Crippen LogP contribution is -2.48. The zero-order valence-electron chi connectivity index (χ0n) is 13.9. The van der Waals surface area contributed by atoms with Crippen LogP contribution in [0.2, 0.25) is 16.4 Å². The minimum atomic E-state index is -1.16. The number of carbonyl (C=O) groups is 1. The van der Waals surface area contributed by atoms with E-state index in [4.69, 9.17) is 36.8 Å². The number of nitrogens with one attached hydrogen (secondary N) is 1. The van der Waals surface area contributed by atoms with Gasteiger partial charge in [0.1, 0.15) is 5.54 Å². The second-order valence-corrected chi connectivity index (χ2v) is 6.89. The Hall–Kier alpha value is -0.745. The molecule has 0 aliphatic carbocycles. The molecule has 0 aliphatic rings. The molecule has 7 heteroatoms. The van der Waals surface area contributed by atoms with Gasteiger partial charge < -0.3 is 16.2 Å². The molecular weight excluding hydrogens is 346 g/mol. The average Bonchev–Trinajstić information content (AvgIpc) is 2.52. The van der Waals surface area contributed by atoms with Gasteiger partial charge in [0.05, 0.1) is 7.85 Å². The SMILES string of the molecule is [B]CCCCC(N)(CCCNCCc1ccc(Cl)cc1Cl)C(=O)O. The molecule has 0 aromatic heterocycles. The van der Waals surface area contributed by atoms with Crippen LogP contribution in [0, 0.1) is 0 Å². The van der Waals surface area contributed by atoms with E-state index in [-0.39, 0.29) is 0 Å². The maximum absolute atomic E-state index is 11.4. The Bertz CT molecular complexity index is 531. The zero-order chi connectivity index (χ0) is 18.0. The number of halogens is 2. The van der Waals surface area contributed by atoms with Crippen LogP contribution in [0.3, 0.4) is 0 Å². The molecule has 1 rings (SSSR count). The highest BCUT2D eigenvalue weighted by Gasteiger charge is 2.32. The van der Waals surface area contributed by atoms with Crippen LogP contribution < -0.4 is 11.1 Å². The van der Waals surface area contributed by atoms with Gasteiger partial charge in [-0.05, 0) is 56.5 Å². The van der Waals surface area contributed by atoms with Crippen molar-refractivity contribution < 1.29 is 9.90 Å². The average molecular weight is 371 g/mol. The third kappa shape index (κ3) is 7.43. The molecule has 0 bridgehead atoms. The van der Waals surface area contributed by atoms with Gasteiger partial charge in [0.2, 0.25) is 0 Å². The van der Waals surface area contributed by atoms with E-state index < -0.39 is 11.5 Å². The molecule has 4 N–H and O–H groups in total. The molecule has 1 atom stereocenters. The van der Waals surface area contributed by atoms with Crippen LogP contribution in [0.1, 0.15) is 37.7 Å². The van der Waals surface area contributed by atoms with E-state index in [1.807, 2.05) is 12.1 Å². The number of carboxylic acids is 1. The van der Waals surface area contributed by atoms with Crippen LogP contribution in [0.4, 0.5) is 0 Å². The van der Waals surface area contributed by atoms with Crippen molar-refractivity contribution >= 4 is 37.0 Å². The lowest BCUT2D eigenvalue weighted by Gasteiger charge is -2.24. The normalized spacial score (nSPS) is 13.6. The van der Waals surface area contributed by atoms with Crippen molar-refractivity contribution in [2.45, 2.75) is 50.4 Å². The zero-order valence-corrected chi connectivity index (χ0v) is 15.4. The summed E-state index contributed by atoms with van der Waals surface area (Å²) in [6.45, 7) is 1.48. The summed E-state index contributed by atoms with van der Waals surface area (Å²) in [4.78, 5) is 11.4. The smallest absolute Gasteiger partial charge is 0.323 e. The number of rotatable bonds is 12. The summed E-state index contributed by atoms with van der Waals surface area (Å²) in [5.41, 5.74) is 5.90. The summed E-state index contributed by atoms with van der Waals surface area (Å²) in [5, 5.41) is 13.9. The van der Waals surface area contributed by atoms with E-state index in [1.54, 1.807) is 6.07 Å². The second kappa shape index (κ2) is 11.0. The molecule has 1 unspecified atom stereocenters. The van der Waals surface area contributed by atoms with Gasteiger partial charge in [-0.15, -0.1) is 0 Å². The summed E-state index contributed by atoms with van der Waals surface area (Å²) < 4.78 is 0. The van der Waals surface area contributed by atoms with Gasteiger partial charge in [0, 0.05) is 10.0 Å². The Kier molecular flexibility index (Phi) is 9.75. The summed E-state index contributed by atoms with van der Waals surface area (Å²) in [5.74, 6) is -0.938. The van der Waals surface area contributed by atoms with Crippen molar-refractivity contribution in [3.8, 4) is 0 Å². The number of unbranched alkanes of at least 4 members (excludes halogenated alkanes) is 1. The lowest BCUT2D eigenvalue weighted by atomic mass is 9.87. The van der Waals surface area contributed by atoms with Gasteiger partial charge in [-0.25, -0.2) is 0 Å². The largest absolute Gasteiger partial charge is 0.480 e. The first-order chi connectivity index (χ1) is 11.4. The molecule has 0 fully saturated rings. The van der Waals surface area contributed by atoms with E-state index >= 15 is 0 Å². The number of benzene rings is 1. The Morgan fingerprint density at radius 2 is 1.92 bits per heavy atom. The van der Waals surface area contributed by atoms with Crippen molar-refractivity contribution in [2.75, 3.05) is 13.1 Å². The maximum atomic E-state index is 11.4. The number of hydrogen-bond donors (Lipinski definition) is 3.